The molecular formula is C18H20FN3O2. The molecule has 0 spiro atoms. The summed E-state index contributed by atoms with van der Waals surface area (Å²) in [6, 6.07) is 9.98. The summed E-state index contributed by atoms with van der Waals surface area (Å²) in [7, 11) is 0. The van der Waals surface area contributed by atoms with Crippen molar-refractivity contribution in [2.75, 3.05) is 11.9 Å². The van der Waals surface area contributed by atoms with E-state index in [2.05, 4.69) is 16.2 Å². The number of rotatable bonds is 4. The van der Waals surface area contributed by atoms with Gasteiger partial charge in [-0.25, -0.2) is 4.39 Å². The van der Waals surface area contributed by atoms with Crippen molar-refractivity contribution in [2.45, 2.75) is 20.8 Å². The van der Waals surface area contributed by atoms with E-state index >= 15 is 0 Å². The minimum atomic E-state index is -0.575. The van der Waals surface area contributed by atoms with Gasteiger partial charge in [-0.1, -0.05) is 23.8 Å². The first kappa shape index (κ1) is 17.5. The Morgan fingerprint density at radius 2 is 1.71 bits per heavy atom. The molecule has 0 fully saturated rings. The second-order valence-corrected chi connectivity index (χ2v) is 5.64. The van der Waals surface area contributed by atoms with Crippen molar-refractivity contribution in [3.05, 3.63) is 64.5 Å². The van der Waals surface area contributed by atoms with Crippen LogP contribution in [0.5, 0.6) is 0 Å². The zero-order valence-corrected chi connectivity index (χ0v) is 13.9. The van der Waals surface area contributed by atoms with E-state index in [4.69, 9.17) is 0 Å². The topological polar surface area (TPSA) is 70.2 Å². The highest BCUT2D eigenvalue weighted by Crippen LogP contribution is 2.15. The van der Waals surface area contributed by atoms with Gasteiger partial charge in [0.2, 0.25) is 0 Å². The fourth-order valence-corrected chi connectivity index (χ4v) is 2.16. The molecule has 24 heavy (non-hydrogen) atoms. The zero-order valence-electron chi connectivity index (χ0n) is 13.9. The molecule has 5 nitrogen and oxygen atoms in total. The summed E-state index contributed by atoms with van der Waals surface area (Å²) < 4.78 is 13.4. The standard InChI is InChI=1S/C18H20FN3O2/c1-11-4-7-16(13(3)8-11)20-10-17(23)21-22-18(24)14-6-5-12(2)15(19)9-14/h4-9,20H,10H2,1-3H3,(H,21,23)(H,22,24). The Hall–Kier alpha value is -2.89. The van der Waals surface area contributed by atoms with Gasteiger partial charge in [0.15, 0.2) is 0 Å². The number of carbonyl (C=O) groups excluding carboxylic acids is 2. The fraction of sp³-hybridized carbons (Fsp3) is 0.222. The second kappa shape index (κ2) is 7.59. The molecule has 0 saturated heterocycles. The highest BCUT2D eigenvalue weighted by Gasteiger charge is 2.09. The molecule has 0 heterocycles. The number of hydrogen-bond acceptors (Lipinski definition) is 3. The Kier molecular flexibility index (Phi) is 5.52. The molecule has 2 amide bonds. The number of carbonyl (C=O) groups is 2. The van der Waals surface area contributed by atoms with Gasteiger partial charge in [0.05, 0.1) is 6.54 Å². The Balaban J connectivity index is 1.84. The van der Waals surface area contributed by atoms with E-state index in [9.17, 15) is 14.0 Å². The number of anilines is 1. The van der Waals surface area contributed by atoms with Gasteiger partial charge in [0.1, 0.15) is 5.82 Å². The van der Waals surface area contributed by atoms with Crippen LogP contribution in [0.4, 0.5) is 10.1 Å². The van der Waals surface area contributed by atoms with Crippen LogP contribution in [0.2, 0.25) is 0 Å². The van der Waals surface area contributed by atoms with Gasteiger partial charge in [-0.05, 0) is 50.1 Å². The van der Waals surface area contributed by atoms with Gasteiger partial charge in [0, 0.05) is 11.3 Å². The Labute approximate surface area is 140 Å². The van der Waals surface area contributed by atoms with Crippen LogP contribution in [0.25, 0.3) is 0 Å². The van der Waals surface area contributed by atoms with Crippen LogP contribution in [0.3, 0.4) is 0 Å². The largest absolute Gasteiger partial charge is 0.376 e. The quantitative estimate of drug-likeness (QED) is 0.755. The molecule has 0 aromatic heterocycles. The first-order valence-electron chi connectivity index (χ1n) is 7.53. The Morgan fingerprint density at radius 3 is 2.38 bits per heavy atom. The first-order valence-corrected chi connectivity index (χ1v) is 7.53. The van der Waals surface area contributed by atoms with Crippen molar-refractivity contribution >= 4 is 17.5 Å². The Bertz CT molecular complexity index is 775. The molecule has 0 saturated carbocycles. The minimum Gasteiger partial charge on any atom is -0.376 e. The van der Waals surface area contributed by atoms with E-state index < -0.39 is 17.6 Å². The molecule has 0 radical (unpaired) electrons. The number of amides is 2. The monoisotopic (exact) mass is 329 g/mol. The summed E-state index contributed by atoms with van der Waals surface area (Å²) in [6.07, 6.45) is 0. The number of nitrogens with one attached hydrogen (secondary N) is 3. The lowest BCUT2D eigenvalue weighted by Crippen LogP contribution is -2.44. The highest BCUT2D eigenvalue weighted by atomic mass is 19.1. The van der Waals surface area contributed by atoms with E-state index in [0.29, 0.717) is 5.56 Å². The lowest BCUT2D eigenvalue weighted by Gasteiger charge is -2.11. The average Bonchev–Trinajstić information content (AvgIpc) is 2.54. The predicted molar refractivity (Wildman–Crippen MR) is 91.2 cm³/mol. The molecule has 0 atom stereocenters. The summed E-state index contributed by atoms with van der Waals surface area (Å²) in [5, 5.41) is 3.00. The zero-order chi connectivity index (χ0) is 17.7. The van der Waals surface area contributed by atoms with Crippen LogP contribution in [0.15, 0.2) is 36.4 Å². The summed E-state index contributed by atoms with van der Waals surface area (Å²) in [6.45, 7) is 5.55. The third-order valence-electron chi connectivity index (χ3n) is 3.57. The third-order valence-corrected chi connectivity index (χ3v) is 3.57. The second-order valence-electron chi connectivity index (χ2n) is 5.64. The van der Waals surface area contributed by atoms with Gasteiger partial charge in [-0.2, -0.15) is 0 Å². The summed E-state index contributed by atoms with van der Waals surface area (Å²) in [5.41, 5.74) is 8.16. The van der Waals surface area contributed by atoms with Gasteiger partial charge in [-0.15, -0.1) is 0 Å². The minimum absolute atomic E-state index is 0.00639. The van der Waals surface area contributed by atoms with E-state index in [1.54, 1.807) is 6.92 Å². The van der Waals surface area contributed by atoms with E-state index in [-0.39, 0.29) is 12.1 Å². The lowest BCUT2D eigenvalue weighted by molar-refractivity contribution is -0.120. The molecule has 0 aliphatic heterocycles. The van der Waals surface area contributed by atoms with Crippen molar-refractivity contribution in [3.63, 3.8) is 0 Å². The first-order chi connectivity index (χ1) is 11.4. The molecule has 6 heteroatoms. The summed E-state index contributed by atoms with van der Waals surface area (Å²) >= 11 is 0. The van der Waals surface area contributed by atoms with Crippen LogP contribution in [0.1, 0.15) is 27.0 Å². The van der Waals surface area contributed by atoms with Crippen LogP contribution >= 0.6 is 0 Å². The highest BCUT2D eigenvalue weighted by molar-refractivity contribution is 5.95. The maximum atomic E-state index is 13.4. The molecule has 2 rings (SSSR count). The Morgan fingerprint density at radius 1 is 0.958 bits per heavy atom. The fourth-order valence-electron chi connectivity index (χ4n) is 2.16. The van der Waals surface area contributed by atoms with Crippen LogP contribution in [0, 0.1) is 26.6 Å². The molecular weight excluding hydrogens is 309 g/mol. The maximum absolute atomic E-state index is 13.4. The van der Waals surface area contributed by atoms with Crippen molar-refractivity contribution < 1.29 is 14.0 Å². The van der Waals surface area contributed by atoms with Gasteiger partial charge in [-0.3, -0.25) is 20.4 Å². The smallest absolute Gasteiger partial charge is 0.269 e. The number of hydrogen-bond donors (Lipinski definition) is 3. The molecule has 126 valence electrons. The molecule has 0 aliphatic carbocycles. The number of benzene rings is 2. The van der Waals surface area contributed by atoms with E-state index in [0.717, 1.165) is 22.9 Å². The van der Waals surface area contributed by atoms with Crippen molar-refractivity contribution in [1.29, 1.82) is 0 Å². The number of halogens is 1. The number of aryl methyl sites for hydroxylation is 3. The van der Waals surface area contributed by atoms with Gasteiger partial charge >= 0.3 is 0 Å². The summed E-state index contributed by atoms with van der Waals surface area (Å²) in [5.74, 6) is -1.45. The number of hydrazine groups is 1. The molecule has 0 unspecified atom stereocenters. The SMILES string of the molecule is Cc1ccc(NCC(=O)NNC(=O)c2ccc(C)c(F)c2)c(C)c1. The molecule has 0 aliphatic rings. The average molecular weight is 329 g/mol. The third kappa shape index (κ3) is 4.55. The van der Waals surface area contributed by atoms with Gasteiger partial charge in [0.25, 0.3) is 11.8 Å². The van der Waals surface area contributed by atoms with Crippen LogP contribution in [-0.2, 0) is 4.79 Å². The van der Waals surface area contributed by atoms with Gasteiger partial charge < -0.3 is 5.32 Å². The van der Waals surface area contributed by atoms with Crippen molar-refractivity contribution in [1.82, 2.24) is 10.9 Å². The van der Waals surface area contributed by atoms with Crippen molar-refractivity contribution in [3.8, 4) is 0 Å². The molecule has 3 N–H and O–H groups in total. The molecule has 0 bridgehead atoms. The maximum Gasteiger partial charge on any atom is 0.269 e. The summed E-state index contributed by atoms with van der Waals surface area (Å²) in [4.78, 5) is 23.7. The molecule has 2 aromatic carbocycles. The predicted octanol–water partition coefficient (Wildman–Crippen LogP) is 2.62. The van der Waals surface area contributed by atoms with Crippen LogP contribution < -0.4 is 16.2 Å². The lowest BCUT2D eigenvalue weighted by atomic mass is 10.1. The van der Waals surface area contributed by atoms with Crippen LogP contribution in [-0.4, -0.2) is 18.4 Å². The van der Waals surface area contributed by atoms with E-state index in [1.165, 1.54) is 12.1 Å². The molecule has 2 aromatic rings. The van der Waals surface area contributed by atoms with Crippen molar-refractivity contribution in [2.24, 2.45) is 0 Å². The van der Waals surface area contributed by atoms with E-state index in [1.807, 2.05) is 32.0 Å². The normalized spacial score (nSPS) is 10.2.